The highest BCUT2D eigenvalue weighted by molar-refractivity contribution is 5.87. The molecule has 1 aromatic rings. The van der Waals surface area contributed by atoms with Gasteiger partial charge in [-0.1, -0.05) is 44.4 Å². The van der Waals surface area contributed by atoms with E-state index in [-0.39, 0.29) is 5.97 Å². The van der Waals surface area contributed by atoms with Gasteiger partial charge in [0.25, 0.3) is 0 Å². The third-order valence-electron chi connectivity index (χ3n) is 2.98. The van der Waals surface area contributed by atoms with Gasteiger partial charge in [-0.25, -0.2) is 4.79 Å². The predicted molar refractivity (Wildman–Crippen MR) is 91.0 cm³/mol. The first-order valence-corrected chi connectivity index (χ1v) is 8.05. The van der Waals surface area contributed by atoms with Crippen molar-refractivity contribution >= 4 is 12.0 Å². The first-order chi connectivity index (χ1) is 10.4. The summed E-state index contributed by atoms with van der Waals surface area (Å²) in [6.07, 6.45) is 7.89. The molecule has 0 aromatic heterocycles. The Hall–Kier alpha value is -1.77. The summed E-state index contributed by atoms with van der Waals surface area (Å²) in [4.78, 5) is 11.7. The molecule has 0 saturated heterocycles. The number of para-hydroxylation sites is 1. The van der Waals surface area contributed by atoms with E-state index in [1.54, 1.807) is 6.08 Å². The zero-order valence-electron chi connectivity index (χ0n) is 14.2. The van der Waals surface area contributed by atoms with Crippen LogP contribution < -0.4 is 4.74 Å². The van der Waals surface area contributed by atoms with Gasteiger partial charge in [-0.3, -0.25) is 0 Å². The molecule has 0 aliphatic carbocycles. The largest absolute Gasteiger partial charge is 0.493 e. The Morgan fingerprint density at radius 2 is 1.86 bits per heavy atom. The van der Waals surface area contributed by atoms with Gasteiger partial charge in [0.2, 0.25) is 0 Å². The molecule has 0 heterocycles. The molecule has 0 spiro atoms. The smallest absolute Gasteiger partial charge is 0.331 e. The first-order valence-electron chi connectivity index (χ1n) is 8.05. The van der Waals surface area contributed by atoms with Gasteiger partial charge in [0.1, 0.15) is 11.4 Å². The van der Waals surface area contributed by atoms with E-state index in [9.17, 15) is 4.79 Å². The molecule has 0 amide bonds. The van der Waals surface area contributed by atoms with Crippen molar-refractivity contribution in [1.82, 2.24) is 0 Å². The molecule has 0 radical (unpaired) electrons. The highest BCUT2D eigenvalue weighted by atomic mass is 16.6. The van der Waals surface area contributed by atoms with E-state index >= 15 is 0 Å². The molecule has 0 unspecified atom stereocenters. The normalized spacial score (nSPS) is 11.6. The predicted octanol–water partition coefficient (Wildman–Crippen LogP) is 5.00. The number of rotatable bonds is 8. The lowest BCUT2D eigenvalue weighted by Gasteiger charge is -2.18. The van der Waals surface area contributed by atoms with Gasteiger partial charge < -0.3 is 9.47 Å². The molecule has 0 aliphatic rings. The number of hydrogen-bond acceptors (Lipinski definition) is 3. The zero-order chi connectivity index (χ0) is 16.4. The Morgan fingerprint density at radius 3 is 2.55 bits per heavy atom. The minimum atomic E-state index is -0.475. The Balaban J connectivity index is 2.58. The number of unbranched alkanes of at least 4 members (excludes halogenated alkanes) is 3. The quantitative estimate of drug-likeness (QED) is 0.385. The minimum Gasteiger partial charge on any atom is -0.493 e. The van der Waals surface area contributed by atoms with E-state index in [2.05, 4.69) is 6.92 Å². The molecule has 1 aromatic carbocycles. The average Bonchev–Trinajstić information content (AvgIpc) is 2.44. The average molecular weight is 304 g/mol. The monoisotopic (exact) mass is 304 g/mol. The zero-order valence-corrected chi connectivity index (χ0v) is 14.2. The SMILES string of the molecule is CCCCCCOc1ccccc1C=CC(=O)OC(C)(C)C. The van der Waals surface area contributed by atoms with Crippen molar-refractivity contribution in [2.45, 2.75) is 59.0 Å². The molecule has 3 nitrogen and oxygen atoms in total. The molecular formula is C19H28O3. The molecule has 22 heavy (non-hydrogen) atoms. The third-order valence-corrected chi connectivity index (χ3v) is 2.98. The van der Waals surface area contributed by atoms with Crippen LogP contribution in [0.3, 0.4) is 0 Å². The number of carbonyl (C=O) groups is 1. The van der Waals surface area contributed by atoms with Crippen molar-refractivity contribution in [1.29, 1.82) is 0 Å². The topological polar surface area (TPSA) is 35.5 Å². The molecular weight excluding hydrogens is 276 g/mol. The van der Waals surface area contributed by atoms with Crippen LogP contribution in [-0.4, -0.2) is 18.2 Å². The highest BCUT2D eigenvalue weighted by Gasteiger charge is 2.14. The number of esters is 1. The van der Waals surface area contributed by atoms with Gasteiger partial charge in [-0.05, 0) is 39.3 Å². The maximum absolute atomic E-state index is 11.7. The van der Waals surface area contributed by atoms with Crippen molar-refractivity contribution in [3.63, 3.8) is 0 Å². The van der Waals surface area contributed by atoms with E-state index < -0.39 is 5.60 Å². The summed E-state index contributed by atoms with van der Waals surface area (Å²) in [6.45, 7) is 8.46. The second-order valence-electron chi connectivity index (χ2n) is 6.31. The molecule has 0 N–H and O–H groups in total. The second kappa shape index (κ2) is 9.29. The van der Waals surface area contributed by atoms with E-state index in [4.69, 9.17) is 9.47 Å². The van der Waals surface area contributed by atoms with Gasteiger partial charge in [-0.2, -0.15) is 0 Å². The molecule has 0 aliphatic heterocycles. The summed E-state index contributed by atoms with van der Waals surface area (Å²) in [7, 11) is 0. The van der Waals surface area contributed by atoms with E-state index in [0.717, 1.165) is 17.7 Å². The first kappa shape index (κ1) is 18.3. The lowest BCUT2D eigenvalue weighted by atomic mass is 10.1. The van der Waals surface area contributed by atoms with Crippen LogP contribution in [0.1, 0.15) is 58.9 Å². The molecule has 122 valence electrons. The Bertz CT molecular complexity index is 484. The summed E-state index contributed by atoms with van der Waals surface area (Å²) < 4.78 is 11.1. The van der Waals surface area contributed by atoms with Crippen LogP contribution in [0.2, 0.25) is 0 Å². The van der Waals surface area contributed by atoms with Gasteiger partial charge in [0, 0.05) is 11.6 Å². The van der Waals surface area contributed by atoms with Crippen molar-refractivity contribution in [2.75, 3.05) is 6.61 Å². The molecule has 0 saturated carbocycles. The summed E-state index contributed by atoms with van der Waals surface area (Å²) in [5.74, 6) is 0.462. The van der Waals surface area contributed by atoms with Crippen LogP contribution in [0.4, 0.5) is 0 Å². The van der Waals surface area contributed by atoms with Gasteiger partial charge in [0.05, 0.1) is 6.61 Å². The summed E-state index contributed by atoms with van der Waals surface area (Å²) in [5, 5.41) is 0. The van der Waals surface area contributed by atoms with Crippen molar-refractivity contribution in [2.24, 2.45) is 0 Å². The molecule has 1 rings (SSSR count). The Morgan fingerprint density at radius 1 is 1.14 bits per heavy atom. The van der Waals surface area contributed by atoms with Crippen molar-refractivity contribution < 1.29 is 14.3 Å². The molecule has 3 heteroatoms. The van der Waals surface area contributed by atoms with E-state index in [1.165, 1.54) is 25.3 Å². The highest BCUT2D eigenvalue weighted by Crippen LogP contribution is 2.20. The van der Waals surface area contributed by atoms with Crippen LogP contribution in [0, 0.1) is 0 Å². The van der Waals surface area contributed by atoms with Gasteiger partial charge >= 0.3 is 5.97 Å². The maximum Gasteiger partial charge on any atom is 0.331 e. The summed E-state index contributed by atoms with van der Waals surface area (Å²) >= 11 is 0. The number of benzene rings is 1. The Labute approximate surface area is 134 Å². The van der Waals surface area contributed by atoms with Crippen LogP contribution in [0.25, 0.3) is 6.08 Å². The Kier molecular flexibility index (Phi) is 7.72. The molecule has 0 atom stereocenters. The van der Waals surface area contributed by atoms with Gasteiger partial charge in [-0.15, -0.1) is 0 Å². The van der Waals surface area contributed by atoms with Crippen LogP contribution in [0.5, 0.6) is 5.75 Å². The lowest BCUT2D eigenvalue weighted by Crippen LogP contribution is -2.22. The summed E-state index contributed by atoms with van der Waals surface area (Å²) in [5.41, 5.74) is 0.417. The lowest BCUT2D eigenvalue weighted by molar-refractivity contribution is -0.148. The number of hydrogen-bond donors (Lipinski definition) is 0. The van der Waals surface area contributed by atoms with Crippen LogP contribution >= 0.6 is 0 Å². The standard InChI is InChI=1S/C19H28O3/c1-5-6-7-10-15-21-17-12-9-8-11-16(17)13-14-18(20)22-19(2,3)4/h8-9,11-14H,5-7,10,15H2,1-4H3. The molecule has 0 bridgehead atoms. The van der Waals surface area contributed by atoms with Crippen LogP contribution in [0.15, 0.2) is 30.3 Å². The third kappa shape index (κ3) is 7.87. The van der Waals surface area contributed by atoms with Crippen LogP contribution in [-0.2, 0) is 9.53 Å². The fourth-order valence-electron chi connectivity index (χ4n) is 1.95. The number of ether oxygens (including phenoxy) is 2. The minimum absolute atomic E-state index is 0.342. The van der Waals surface area contributed by atoms with Crippen molar-refractivity contribution in [3.05, 3.63) is 35.9 Å². The fourth-order valence-corrected chi connectivity index (χ4v) is 1.95. The second-order valence-corrected chi connectivity index (χ2v) is 6.31. The number of carbonyl (C=O) groups excluding carboxylic acids is 1. The van der Waals surface area contributed by atoms with E-state index in [1.807, 2.05) is 45.0 Å². The van der Waals surface area contributed by atoms with Gasteiger partial charge in [0.15, 0.2) is 0 Å². The van der Waals surface area contributed by atoms with E-state index in [0.29, 0.717) is 6.61 Å². The molecule has 0 fully saturated rings. The fraction of sp³-hybridized carbons (Fsp3) is 0.526. The van der Waals surface area contributed by atoms with Crippen molar-refractivity contribution in [3.8, 4) is 5.75 Å². The summed E-state index contributed by atoms with van der Waals surface area (Å²) in [6, 6.07) is 7.72. The maximum atomic E-state index is 11.7.